The molecule has 10 bridgehead atoms. The van der Waals surface area contributed by atoms with Crippen molar-refractivity contribution < 1.29 is 13.2 Å². The fourth-order valence-electron chi connectivity index (χ4n) is 7.09. The molecule has 0 amide bonds. The summed E-state index contributed by atoms with van der Waals surface area (Å²) in [5, 5.41) is 18.3. The summed E-state index contributed by atoms with van der Waals surface area (Å²) in [4.78, 5) is 25.3. The van der Waals surface area contributed by atoms with Crippen molar-refractivity contribution >= 4 is 16.9 Å². The maximum Gasteiger partial charge on any atom is 0.278 e. The highest BCUT2D eigenvalue weighted by molar-refractivity contribution is 5.88. The molecule has 12 heteroatoms. The van der Waals surface area contributed by atoms with Gasteiger partial charge in [-0.05, 0) is 71.5 Å². The monoisotopic (exact) mass is 630 g/mol. The Labute approximate surface area is 265 Å². The van der Waals surface area contributed by atoms with Crippen LogP contribution in [0.2, 0.25) is 0 Å². The van der Waals surface area contributed by atoms with Gasteiger partial charge in [0.05, 0.1) is 34.7 Å². The van der Waals surface area contributed by atoms with Gasteiger partial charge in [-0.15, -0.1) is 0 Å². The van der Waals surface area contributed by atoms with E-state index >= 15 is 13.2 Å². The van der Waals surface area contributed by atoms with Crippen molar-refractivity contribution in [3.05, 3.63) is 80.9 Å². The first kappa shape index (κ1) is 30.4. The van der Waals surface area contributed by atoms with Crippen LogP contribution in [0.1, 0.15) is 79.6 Å². The number of aryl methyl sites for hydroxylation is 3. The Morgan fingerprint density at radius 2 is 1.83 bits per heavy atom. The number of piperidine rings is 1. The van der Waals surface area contributed by atoms with Gasteiger partial charge in [0.15, 0.2) is 0 Å². The van der Waals surface area contributed by atoms with Crippen LogP contribution in [0.3, 0.4) is 0 Å². The fraction of sp³-hybridized carbons (Fsp3) is 0.500. The normalized spacial score (nSPS) is 24.0. The van der Waals surface area contributed by atoms with Crippen LogP contribution in [0.4, 0.5) is 19.0 Å². The maximum absolute atomic E-state index is 16.1. The minimum atomic E-state index is -3.34. The molecule has 240 valence electrons. The van der Waals surface area contributed by atoms with Gasteiger partial charge in [0.25, 0.3) is 11.5 Å². The molecule has 1 atom stereocenters. The minimum Gasteiger partial charge on any atom is -0.363 e. The molecule has 9 nitrogen and oxygen atoms in total. The number of fused-ring (bicyclic) bond motifs is 6. The van der Waals surface area contributed by atoms with Gasteiger partial charge in [-0.2, -0.15) is 10.4 Å². The van der Waals surface area contributed by atoms with E-state index in [1.165, 1.54) is 18.2 Å². The topological polar surface area (TPSA) is 105 Å². The Balaban J connectivity index is 1.34. The number of nitriles is 1. The Morgan fingerprint density at radius 1 is 1.07 bits per heavy atom. The van der Waals surface area contributed by atoms with Crippen LogP contribution in [-0.4, -0.2) is 42.3 Å². The van der Waals surface area contributed by atoms with Gasteiger partial charge in [0.2, 0.25) is 0 Å². The summed E-state index contributed by atoms with van der Waals surface area (Å²) < 4.78 is 51.6. The molecule has 8 rings (SSSR count). The number of halogens is 3. The van der Waals surface area contributed by atoms with Crippen LogP contribution in [0.25, 0.3) is 11.0 Å². The predicted molar refractivity (Wildman–Crippen MR) is 167 cm³/mol. The molecular formula is C34H37F3N8O. The zero-order valence-corrected chi connectivity index (χ0v) is 26.1. The van der Waals surface area contributed by atoms with E-state index in [0.717, 1.165) is 12.0 Å². The van der Waals surface area contributed by atoms with Crippen molar-refractivity contribution in [1.29, 1.82) is 5.26 Å². The van der Waals surface area contributed by atoms with E-state index in [1.54, 1.807) is 24.5 Å². The standard InChI is InChI=1S/C34H37F3N8O/c1-21-25-6-5-7-27(29(25)35)34(36,37)24-8-14-43(15-9-24)18-23-17-39-44(19-23)12-3-4-13-45-31-26(30(40-21)41-22(2)42-31)16-28(32(45)46)33(20-38)10-11-33/h5-7,16-17,19,21,24H,3-4,8-15,18H2,1-2H3,(H,40,41,42)/t21-/m1/s1. The van der Waals surface area contributed by atoms with Gasteiger partial charge in [0.1, 0.15) is 23.1 Å². The van der Waals surface area contributed by atoms with Gasteiger partial charge in [0, 0.05) is 48.4 Å². The molecule has 1 saturated carbocycles. The lowest BCUT2D eigenvalue weighted by molar-refractivity contribution is -0.0885. The van der Waals surface area contributed by atoms with Gasteiger partial charge < -0.3 is 5.32 Å². The van der Waals surface area contributed by atoms with Crippen LogP contribution in [0, 0.1) is 30.0 Å². The number of pyridine rings is 1. The molecule has 46 heavy (non-hydrogen) atoms. The molecule has 3 aliphatic heterocycles. The molecule has 2 fully saturated rings. The molecule has 0 spiro atoms. The third-order valence-electron chi connectivity index (χ3n) is 9.96. The van der Waals surface area contributed by atoms with Crippen LogP contribution in [0.5, 0.6) is 0 Å². The van der Waals surface area contributed by atoms with Crippen molar-refractivity contribution in [3.8, 4) is 6.07 Å². The number of hydrogen-bond acceptors (Lipinski definition) is 7. The molecule has 1 saturated heterocycles. The van der Waals surface area contributed by atoms with Crippen LogP contribution >= 0.6 is 0 Å². The third kappa shape index (κ3) is 5.34. The Morgan fingerprint density at radius 3 is 2.57 bits per heavy atom. The number of rotatable bonds is 1. The van der Waals surface area contributed by atoms with Crippen molar-refractivity contribution in [3.63, 3.8) is 0 Å². The van der Waals surface area contributed by atoms with Gasteiger partial charge in [-0.1, -0.05) is 18.2 Å². The first-order valence-corrected chi connectivity index (χ1v) is 16.1. The van der Waals surface area contributed by atoms with Crippen molar-refractivity contribution in [2.24, 2.45) is 5.92 Å². The lowest BCUT2D eigenvalue weighted by Gasteiger charge is -2.36. The lowest BCUT2D eigenvalue weighted by Crippen LogP contribution is -2.39. The van der Waals surface area contributed by atoms with E-state index in [-0.39, 0.29) is 24.0 Å². The molecule has 6 heterocycles. The van der Waals surface area contributed by atoms with E-state index in [9.17, 15) is 10.1 Å². The predicted octanol–water partition coefficient (Wildman–Crippen LogP) is 5.96. The second-order valence-corrected chi connectivity index (χ2v) is 13.1. The van der Waals surface area contributed by atoms with Crippen molar-refractivity contribution in [2.75, 3.05) is 18.4 Å². The van der Waals surface area contributed by atoms with Crippen molar-refractivity contribution in [1.82, 2.24) is 29.2 Å². The average Bonchev–Trinajstić information content (AvgIpc) is 3.71. The number of hydrogen-bond donors (Lipinski definition) is 1. The average molecular weight is 631 g/mol. The number of nitrogens with zero attached hydrogens (tertiary/aromatic N) is 7. The summed E-state index contributed by atoms with van der Waals surface area (Å²) in [6, 6.07) is 7.48. The summed E-state index contributed by atoms with van der Waals surface area (Å²) >= 11 is 0. The van der Waals surface area contributed by atoms with Gasteiger partial charge in [-0.3, -0.25) is 18.9 Å². The summed E-state index contributed by atoms with van der Waals surface area (Å²) in [7, 11) is 0. The molecule has 1 aromatic carbocycles. The highest BCUT2D eigenvalue weighted by atomic mass is 19.3. The largest absolute Gasteiger partial charge is 0.363 e. The van der Waals surface area contributed by atoms with E-state index in [4.69, 9.17) is 0 Å². The number of anilines is 1. The van der Waals surface area contributed by atoms with E-state index < -0.39 is 34.7 Å². The molecule has 4 aromatic rings. The Hall–Kier alpha value is -4.24. The minimum absolute atomic E-state index is 0.0995. The Bertz CT molecular complexity index is 1900. The quantitative estimate of drug-likeness (QED) is 0.277. The third-order valence-corrected chi connectivity index (χ3v) is 9.96. The summed E-state index contributed by atoms with van der Waals surface area (Å²) in [6.07, 6.45) is 6.92. The highest BCUT2D eigenvalue weighted by Crippen LogP contribution is 2.47. The van der Waals surface area contributed by atoms with Crippen LogP contribution in [0.15, 0.2) is 41.5 Å². The summed E-state index contributed by atoms with van der Waals surface area (Å²) in [5.74, 6) is -4.49. The highest BCUT2D eigenvalue weighted by Gasteiger charge is 2.48. The molecular weight excluding hydrogens is 593 g/mol. The zero-order valence-electron chi connectivity index (χ0n) is 26.1. The number of nitrogens with one attached hydrogen (secondary N) is 1. The first-order chi connectivity index (χ1) is 22.1. The number of alkyl halides is 2. The molecule has 0 unspecified atom stereocenters. The second-order valence-electron chi connectivity index (χ2n) is 13.1. The van der Waals surface area contributed by atoms with Crippen LogP contribution < -0.4 is 10.9 Å². The summed E-state index contributed by atoms with van der Waals surface area (Å²) in [5.41, 5.74) is 0.220. The van der Waals surface area contributed by atoms with E-state index in [0.29, 0.717) is 80.2 Å². The second kappa shape index (κ2) is 11.5. The maximum atomic E-state index is 16.1. The molecule has 1 N–H and O–H groups in total. The van der Waals surface area contributed by atoms with Gasteiger partial charge in [-0.25, -0.2) is 23.1 Å². The van der Waals surface area contributed by atoms with E-state index in [1.807, 2.05) is 17.1 Å². The number of aromatic nitrogens is 5. The Kier molecular flexibility index (Phi) is 7.62. The molecule has 4 aliphatic rings. The first-order valence-electron chi connectivity index (χ1n) is 16.1. The van der Waals surface area contributed by atoms with Crippen LogP contribution in [-0.2, 0) is 31.0 Å². The number of benzene rings is 1. The fourth-order valence-corrected chi connectivity index (χ4v) is 7.09. The molecule has 1 aliphatic carbocycles. The molecule has 0 radical (unpaired) electrons. The summed E-state index contributed by atoms with van der Waals surface area (Å²) in [6.45, 7) is 6.05. The smallest absolute Gasteiger partial charge is 0.278 e. The van der Waals surface area contributed by atoms with Gasteiger partial charge >= 0.3 is 0 Å². The lowest BCUT2D eigenvalue weighted by atomic mass is 9.85. The molecule has 3 aromatic heterocycles. The SMILES string of the molecule is Cc1nc2c3cc(C4(C#N)CC4)c(=O)n(c3n1)CCCCn1cc(cn1)CN1CCC(CC1)C(F)(F)c1cccc(c1F)[C@@H](C)N2. The van der Waals surface area contributed by atoms with Crippen molar-refractivity contribution in [2.45, 2.75) is 89.4 Å². The van der Waals surface area contributed by atoms with E-state index in [2.05, 4.69) is 31.4 Å². The zero-order chi connectivity index (χ0) is 32.2.